The molecule has 0 atom stereocenters. The van der Waals surface area contributed by atoms with Crippen molar-refractivity contribution in [1.82, 2.24) is 9.62 Å². The number of benzene rings is 2. The number of nitrogens with one attached hydrogen (secondary N) is 1. The van der Waals surface area contributed by atoms with Crippen LogP contribution in [-0.2, 0) is 21.2 Å². The molecule has 0 radical (unpaired) electrons. The van der Waals surface area contributed by atoms with Crippen LogP contribution in [-0.4, -0.2) is 38.9 Å². The van der Waals surface area contributed by atoms with Gasteiger partial charge in [0.1, 0.15) is 0 Å². The first-order chi connectivity index (χ1) is 15.9. The van der Waals surface area contributed by atoms with Crippen LogP contribution >= 0.6 is 0 Å². The largest absolute Gasteiger partial charge is 0.342 e. The van der Waals surface area contributed by atoms with E-state index in [0.29, 0.717) is 29.2 Å². The van der Waals surface area contributed by atoms with Crippen molar-refractivity contribution in [2.45, 2.75) is 56.8 Å². The molecule has 0 bridgehead atoms. The number of rotatable bonds is 7. The summed E-state index contributed by atoms with van der Waals surface area (Å²) in [6.45, 7) is 4.12. The average molecular weight is 469 g/mol. The molecule has 1 heterocycles. The standard InChI is InChI=1S/C27H36N2O3S/c1-21-7-13-26(14-8-21)33(31,32)28-20-24-9-11-25(12-10-24)27(30)29-17-15-23(16-18-29)19-22-5-3-2-4-6-22/h2-8,13-14,23-25,28H,9-12,15-20H2,1H3. The molecular weight excluding hydrogens is 432 g/mol. The molecule has 1 aliphatic heterocycles. The molecule has 1 N–H and O–H groups in total. The maximum atomic E-state index is 13.1. The van der Waals surface area contributed by atoms with Crippen LogP contribution < -0.4 is 4.72 Å². The van der Waals surface area contributed by atoms with E-state index in [2.05, 4.69) is 40.0 Å². The lowest BCUT2D eigenvalue weighted by Gasteiger charge is -2.36. The molecule has 6 heteroatoms. The fourth-order valence-electron chi connectivity index (χ4n) is 5.20. The summed E-state index contributed by atoms with van der Waals surface area (Å²) in [6, 6.07) is 17.6. The van der Waals surface area contributed by atoms with Gasteiger partial charge >= 0.3 is 0 Å². The van der Waals surface area contributed by atoms with E-state index in [-0.39, 0.29) is 5.92 Å². The molecule has 5 nitrogen and oxygen atoms in total. The highest BCUT2D eigenvalue weighted by molar-refractivity contribution is 7.89. The average Bonchev–Trinajstić information content (AvgIpc) is 2.84. The Morgan fingerprint density at radius 3 is 2.15 bits per heavy atom. The second-order valence-corrected chi connectivity index (χ2v) is 11.6. The fraction of sp³-hybridized carbons (Fsp3) is 0.519. The van der Waals surface area contributed by atoms with E-state index in [1.54, 1.807) is 12.1 Å². The van der Waals surface area contributed by atoms with Gasteiger partial charge < -0.3 is 4.90 Å². The lowest BCUT2D eigenvalue weighted by molar-refractivity contribution is -0.138. The van der Waals surface area contributed by atoms with E-state index < -0.39 is 10.0 Å². The number of likely N-dealkylation sites (tertiary alicyclic amines) is 1. The zero-order valence-electron chi connectivity index (χ0n) is 19.6. The third-order valence-electron chi connectivity index (χ3n) is 7.38. The number of amides is 1. The van der Waals surface area contributed by atoms with Gasteiger partial charge in [-0.1, -0.05) is 48.0 Å². The molecule has 2 fully saturated rings. The van der Waals surface area contributed by atoms with Gasteiger partial charge in [0.05, 0.1) is 4.90 Å². The van der Waals surface area contributed by atoms with E-state index in [0.717, 1.165) is 63.6 Å². The van der Waals surface area contributed by atoms with Crippen molar-refractivity contribution in [2.24, 2.45) is 17.8 Å². The first-order valence-corrected chi connectivity index (χ1v) is 13.8. The van der Waals surface area contributed by atoms with E-state index in [4.69, 9.17) is 0 Å². The maximum Gasteiger partial charge on any atom is 0.240 e. The molecule has 2 aromatic carbocycles. The second kappa shape index (κ2) is 10.8. The Hall–Kier alpha value is -2.18. The smallest absolute Gasteiger partial charge is 0.240 e. The zero-order valence-corrected chi connectivity index (χ0v) is 20.4. The van der Waals surface area contributed by atoms with Gasteiger partial charge in [0.2, 0.25) is 15.9 Å². The van der Waals surface area contributed by atoms with Crippen LogP contribution in [0.2, 0.25) is 0 Å². The van der Waals surface area contributed by atoms with Crippen molar-refractivity contribution < 1.29 is 13.2 Å². The van der Waals surface area contributed by atoms with E-state index >= 15 is 0 Å². The Balaban J connectivity index is 1.19. The quantitative estimate of drug-likeness (QED) is 0.648. The van der Waals surface area contributed by atoms with Gasteiger partial charge in [0.15, 0.2) is 0 Å². The van der Waals surface area contributed by atoms with Crippen molar-refractivity contribution >= 4 is 15.9 Å². The van der Waals surface area contributed by atoms with Gasteiger partial charge in [-0.15, -0.1) is 0 Å². The molecule has 0 unspecified atom stereocenters. The van der Waals surface area contributed by atoms with Crippen LogP contribution in [0, 0.1) is 24.7 Å². The number of hydrogen-bond donors (Lipinski definition) is 1. The van der Waals surface area contributed by atoms with E-state index in [1.807, 2.05) is 19.1 Å². The van der Waals surface area contributed by atoms with Crippen LogP contribution in [0.15, 0.2) is 59.5 Å². The summed E-state index contributed by atoms with van der Waals surface area (Å²) in [4.78, 5) is 15.5. The molecule has 1 saturated heterocycles. The summed E-state index contributed by atoms with van der Waals surface area (Å²) in [7, 11) is -3.48. The first-order valence-electron chi connectivity index (χ1n) is 12.3. The molecule has 178 valence electrons. The number of piperidine rings is 1. The Morgan fingerprint density at radius 1 is 0.879 bits per heavy atom. The highest BCUT2D eigenvalue weighted by atomic mass is 32.2. The Bertz CT molecular complexity index is 1010. The van der Waals surface area contributed by atoms with Gasteiger partial charge in [-0.25, -0.2) is 13.1 Å². The van der Waals surface area contributed by atoms with Crippen molar-refractivity contribution in [3.8, 4) is 0 Å². The number of nitrogens with zero attached hydrogens (tertiary/aromatic N) is 1. The molecule has 2 aromatic rings. The predicted octanol–water partition coefficient (Wildman–Crippen LogP) is 4.56. The number of carbonyl (C=O) groups excluding carboxylic acids is 1. The molecular formula is C27H36N2O3S. The van der Waals surface area contributed by atoms with Crippen LogP contribution in [0.25, 0.3) is 0 Å². The normalized spacial score (nSPS) is 22.3. The van der Waals surface area contributed by atoms with Crippen molar-refractivity contribution in [3.63, 3.8) is 0 Å². The monoisotopic (exact) mass is 468 g/mol. The van der Waals surface area contributed by atoms with Crippen LogP contribution in [0.3, 0.4) is 0 Å². The third-order valence-corrected chi connectivity index (χ3v) is 8.82. The Morgan fingerprint density at radius 2 is 1.52 bits per heavy atom. The molecule has 0 spiro atoms. The van der Waals surface area contributed by atoms with Gasteiger partial charge in [0, 0.05) is 25.6 Å². The summed E-state index contributed by atoms with van der Waals surface area (Å²) >= 11 is 0. The van der Waals surface area contributed by atoms with Gasteiger partial charge in [-0.3, -0.25) is 4.79 Å². The zero-order chi connectivity index (χ0) is 23.3. The van der Waals surface area contributed by atoms with Crippen LogP contribution in [0.1, 0.15) is 49.7 Å². The minimum Gasteiger partial charge on any atom is -0.342 e. The minimum atomic E-state index is -3.48. The van der Waals surface area contributed by atoms with Crippen molar-refractivity contribution in [2.75, 3.05) is 19.6 Å². The maximum absolute atomic E-state index is 13.1. The molecule has 1 amide bonds. The van der Waals surface area contributed by atoms with Gasteiger partial charge in [0.25, 0.3) is 0 Å². The molecule has 33 heavy (non-hydrogen) atoms. The number of carbonyl (C=O) groups is 1. The molecule has 4 rings (SSSR count). The SMILES string of the molecule is Cc1ccc(S(=O)(=O)NCC2CCC(C(=O)N3CCC(Cc4ccccc4)CC3)CC2)cc1. The Labute approximate surface area is 198 Å². The molecule has 2 aliphatic rings. The van der Waals surface area contributed by atoms with Gasteiger partial charge in [-0.2, -0.15) is 0 Å². The molecule has 1 saturated carbocycles. The van der Waals surface area contributed by atoms with E-state index in [1.165, 1.54) is 5.56 Å². The number of aryl methyl sites for hydroxylation is 1. The lowest BCUT2D eigenvalue weighted by atomic mass is 9.81. The summed E-state index contributed by atoms with van der Waals surface area (Å²) < 4.78 is 27.8. The van der Waals surface area contributed by atoms with Crippen LogP contribution in [0.5, 0.6) is 0 Å². The second-order valence-electron chi connectivity index (χ2n) is 9.84. The number of sulfonamides is 1. The molecule has 1 aliphatic carbocycles. The summed E-state index contributed by atoms with van der Waals surface area (Å²) in [5.41, 5.74) is 2.43. The summed E-state index contributed by atoms with van der Waals surface area (Å²) in [5, 5.41) is 0. The van der Waals surface area contributed by atoms with E-state index in [9.17, 15) is 13.2 Å². The van der Waals surface area contributed by atoms with Crippen molar-refractivity contribution in [1.29, 1.82) is 0 Å². The van der Waals surface area contributed by atoms with Crippen LogP contribution in [0.4, 0.5) is 0 Å². The summed E-state index contributed by atoms with van der Waals surface area (Å²) in [5.74, 6) is 1.37. The highest BCUT2D eigenvalue weighted by Crippen LogP contribution is 2.31. The Kier molecular flexibility index (Phi) is 7.86. The third kappa shape index (κ3) is 6.45. The fourth-order valence-corrected chi connectivity index (χ4v) is 6.32. The number of hydrogen-bond acceptors (Lipinski definition) is 3. The minimum absolute atomic E-state index is 0.0978. The van der Waals surface area contributed by atoms with Crippen molar-refractivity contribution in [3.05, 3.63) is 65.7 Å². The topological polar surface area (TPSA) is 66.5 Å². The first kappa shape index (κ1) is 24.0. The molecule has 0 aromatic heterocycles. The highest BCUT2D eigenvalue weighted by Gasteiger charge is 2.32. The predicted molar refractivity (Wildman–Crippen MR) is 131 cm³/mol. The van der Waals surface area contributed by atoms with Gasteiger partial charge in [-0.05, 0) is 81.4 Å². The lowest BCUT2D eigenvalue weighted by Crippen LogP contribution is -2.43. The summed E-state index contributed by atoms with van der Waals surface area (Å²) in [6.07, 6.45) is 6.79.